The Morgan fingerprint density at radius 2 is 1.74 bits per heavy atom. The predicted molar refractivity (Wildman–Crippen MR) is 104 cm³/mol. The van der Waals surface area contributed by atoms with Crippen LogP contribution in [0.2, 0.25) is 0 Å². The van der Waals surface area contributed by atoms with Crippen LogP contribution in [0.1, 0.15) is 18.5 Å². The van der Waals surface area contributed by atoms with Crippen molar-refractivity contribution in [2.45, 2.75) is 17.9 Å². The molecule has 1 heterocycles. The lowest BCUT2D eigenvalue weighted by Crippen LogP contribution is -2.48. The summed E-state index contributed by atoms with van der Waals surface area (Å²) in [5.41, 5.74) is 0.985. The van der Waals surface area contributed by atoms with E-state index in [0.29, 0.717) is 18.0 Å². The molecule has 27 heavy (non-hydrogen) atoms. The number of sulfonamides is 1. The van der Waals surface area contributed by atoms with Crippen LogP contribution in [0.15, 0.2) is 59.5 Å². The van der Waals surface area contributed by atoms with Crippen molar-refractivity contribution in [1.29, 1.82) is 0 Å². The highest BCUT2D eigenvalue weighted by atomic mass is 32.2. The molecule has 2 aromatic carbocycles. The summed E-state index contributed by atoms with van der Waals surface area (Å²) in [6, 6.07) is 15.3. The van der Waals surface area contributed by atoms with E-state index in [1.807, 2.05) is 6.07 Å². The second-order valence-corrected chi connectivity index (χ2v) is 8.59. The van der Waals surface area contributed by atoms with Crippen molar-refractivity contribution in [1.82, 2.24) is 14.5 Å². The highest BCUT2D eigenvalue weighted by molar-refractivity contribution is 7.89. The molecular weight excluding hydrogens is 365 g/mol. The zero-order valence-electron chi connectivity index (χ0n) is 15.5. The van der Waals surface area contributed by atoms with Crippen molar-refractivity contribution in [3.63, 3.8) is 0 Å². The van der Waals surface area contributed by atoms with Gasteiger partial charge in [-0.25, -0.2) is 17.5 Å². The van der Waals surface area contributed by atoms with Crippen molar-refractivity contribution in [3.8, 4) is 0 Å². The second-order valence-electron chi connectivity index (χ2n) is 6.82. The van der Waals surface area contributed by atoms with E-state index in [2.05, 4.69) is 21.4 Å². The predicted octanol–water partition coefficient (Wildman–Crippen LogP) is 2.48. The molecule has 0 saturated carbocycles. The molecule has 0 bridgehead atoms. The van der Waals surface area contributed by atoms with Crippen molar-refractivity contribution in [3.05, 3.63) is 66.0 Å². The van der Waals surface area contributed by atoms with Crippen molar-refractivity contribution >= 4 is 10.0 Å². The molecule has 1 aliphatic rings. The third-order valence-electron chi connectivity index (χ3n) is 5.06. The summed E-state index contributed by atoms with van der Waals surface area (Å²) in [4.78, 5) is 4.88. The molecule has 2 aromatic rings. The molecule has 1 saturated heterocycles. The van der Waals surface area contributed by atoms with E-state index in [0.717, 1.165) is 31.7 Å². The third kappa shape index (κ3) is 5.35. The lowest BCUT2D eigenvalue weighted by atomic mass is 10.1. The number of hydrogen-bond donors (Lipinski definition) is 1. The smallest absolute Gasteiger partial charge is 0.240 e. The summed E-state index contributed by atoms with van der Waals surface area (Å²) in [5.74, 6) is -0.205. The zero-order valence-corrected chi connectivity index (χ0v) is 16.3. The average molecular weight is 392 g/mol. The second kappa shape index (κ2) is 8.93. The molecule has 0 unspecified atom stereocenters. The molecule has 1 atom stereocenters. The molecule has 0 aliphatic carbocycles. The van der Waals surface area contributed by atoms with E-state index < -0.39 is 10.0 Å². The molecular formula is C20H26FN3O2S. The van der Waals surface area contributed by atoms with Gasteiger partial charge in [0.2, 0.25) is 10.0 Å². The topological polar surface area (TPSA) is 52.6 Å². The van der Waals surface area contributed by atoms with Gasteiger partial charge in [-0.3, -0.25) is 9.80 Å². The lowest BCUT2D eigenvalue weighted by molar-refractivity contribution is 0.104. The van der Waals surface area contributed by atoms with Crippen molar-refractivity contribution in [2.75, 3.05) is 39.3 Å². The van der Waals surface area contributed by atoms with Gasteiger partial charge in [0.1, 0.15) is 5.82 Å². The van der Waals surface area contributed by atoms with Crippen LogP contribution in [0.25, 0.3) is 0 Å². The molecule has 7 heteroatoms. The van der Waals surface area contributed by atoms with Crippen LogP contribution in [0.5, 0.6) is 0 Å². The molecule has 0 radical (unpaired) electrons. The van der Waals surface area contributed by atoms with Gasteiger partial charge in [-0.05, 0) is 36.8 Å². The minimum Gasteiger partial charge on any atom is -0.299 e. The maximum atomic E-state index is 13.4. The molecule has 1 N–H and O–H groups in total. The summed E-state index contributed by atoms with van der Waals surface area (Å²) in [7, 11) is -3.45. The van der Waals surface area contributed by atoms with E-state index >= 15 is 0 Å². The number of hydrogen-bond acceptors (Lipinski definition) is 4. The first-order valence-corrected chi connectivity index (χ1v) is 10.7. The number of piperazine rings is 1. The first-order valence-electron chi connectivity index (χ1n) is 9.22. The van der Waals surface area contributed by atoms with Crippen LogP contribution >= 0.6 is 0 Å². The summed E-state index contributed by atoms with van der Waals surface area (Å²) < 4.78 is 40.6. The van der Waals surface area contributed by atoms with E-state index in [-0.39, 0.29) is 11.9 Å². The Bertz CT molecular complexity index is 837. The monoisotopic (exact) mass is 391 g/mol. The fourth-order valence-corrected chi connectivity index (χ4v) is 4.41. The normalized spacial score (nSPS) is 17.7. The Morgan fingerprint density at radius 1 is 1.04 bits per heavy atom. The van der Waals surface area contributed by atoms with E-state index in [9.17, 15) is 12.8 Å². The van der Waals surface area contributed by atoms with Gasteiger partial charge in [-0.15, -0.1) is 0 Å². The molecule has 0 amide bonds. The number of nitrogens with one attached hydrogen (secondary N) is 1. The van der Waals surface area contributed by atoms with Gasteiger partial charge < -0.3 is 0 Å². The van der Waals surface area contributed by atoms with Crippen molar-refractivity contribution < 1.29 is 12.8 Å². The maximum Gasteiger partial charge on any atom is 0.240 e. The lowest BCUT2D eigenvalue weighted by Gasteiger charge is -2.38. The van der Waals surface area contributed by atoms with Gasteiger partial charge in [-0.1, -0.05) is 30.3 Å². The fourth-order valence-electron chi connectivity index (χ4n) is 3.37. The van der Waals surface area contributed by atoms with Crippen LogP contribution in [-0.2, 0) is 10.0 Å². The number of benzene rings is 2. The highest BCUT2D eigenvalue weighted by Crippen LogP contribution is 2.22. The van der Waals surface area contributed by atoms with Gasteiger partial charge in [-0.2, -0.15) is 0 Å². The number of rotatable bonds is 7. The summed E-state index contributed by atoms with van der Waals surface area (Å²) in [6.45, 7) is 6.65. The Morgan fingerprint density at radius 3 is 2.41 bits per heavy atom. The summed E-state index contributed by atoms with van der Waals surface area (Å²) in [5, 5.41) is 0. The van der Waals surface area contributed by atoms with Crippen molar-refractivity contribution in [2.24, 2.45) is 0 Å². The van der Waals surface area contributed by atoms with Gasteiger partial charge in [0, 0.05) is 45.3 Å². The van der Waals surface area contributed by atoms with Crippen LogP contribution in [0.4, 0.5) is 4.39 Å². The number of nitrogens with zero attached hydrogens (tertiary/aromatic N) is 2. The molecule has 0 spiro atoms. The summed E-state index contributed by atoms with van der Waals surface area (Å²) >= 11 is 0. The first kappa shape index (κ1) is 19.9. The number of halogens is 1. The average Bonchev–Trinajstić information content (AvgIpc) is 2.68. The molecule has 1 aliphatic heterocycles. The first-order chi connectivity index (χ1) is 13.0. The standard InChI is InChI=1S/C20H26FN3O2S/c1-17(18-6-5-7-19(21)16-18)24-14-12-23(13-15-24)11-10-22-27(25,26)20-8-3-2-4-9-20/h2-9,16-17,22H,10-15H2,1H3/t17-/m1/s1. The Hall–Kier alpha value is -1.80. The van der Waals surface area contributed by atoms with Crippen LogP contribution in [0, 0.1) is 5.82 Å². The largest absolute Gasteiger partial charge is 0.299 e. The van der Waals surface area contributed by atoms with Crippen LogP contribution in [-0.4, -0.2) is 57.5 Å². The fraction of sp³-hybridized carbons (Fsp3) is 0.400. The third-order valence-corrected chi connectivity index (χ3v) is 6.54. The quantitative estimate of drug-likeness (QED) is 0.788. The van der Waals surface area contributed by atoms with Crippen LogP contribution < -0.4 is 4.72 Å². The SMILES string of the molecule is C[C@H](c1cccc(F)c1)N1CCN(CCNS(=O)(=O)c2ccccc2)CC1. The molecule has 3 rings (SSSR count). The molecule has 146 valence electrons. The van der Waals surface area contributed by atoms with Gasteiger partial charge in [0.15, 0.2) is 0 Å². The Labute approximate surface area is 160 Å². The maximum absolute atomic E-state index is 13.4. The van der Waals surface area contributed by atoms with Gasteiger partial charge in [0.25, 0.3) is 0 Å². The van der Waals surface area contributed by atoms with Gasteiger partial charge >= 0.3 is 0 Å². The van der Waals surface area contributed by atoms with E-state index in [1.54, 1.807) is 42.5 Å². The summed E-state index contributed by atoms with van der Waals surface area (Å²) in [6.07, 6.45) is 0. The van der Waals surface area contributed by atoms with Gasteiger partial charge in [0.05, 0.1) is 4.90 Å². The molecule has 1 fully saturated rings. The zero-order chi connectivity index (χ0) is 19.3. The highest BCUT2D eigenvalue weighted by Gasteiger charge is 2.22. The Kier molecular flexibility index (Phi) is 6.59. The minimum atomic E-state index is -3.45. The minimum absolute atomic E-state index is 0.166. The molecule has 5 nitrogen and oxygen atoms in total. The van der Waals surface area contributed by atoms with Crippen LogP contribution in [0.3, 0.4) is 0 Å². The van der Waals surface area contributed by atoms with E-state index in [1.165, 1.54) is 6.07 Å². The van der Waals surface area contributed by atoms with E-state index in [4.69, 9.17) is 0 Å². The molecule has 0 aromatic heterocycles. The Balaban J connectivity index is 1.45.